The Balaban J connectivity index is 2.15. The molecule has 2 rings (SSSR count). The number of imidazole rings is 1. The van der Waals surface area contributed by atoms with Crippen LogP contribution in [0.4, 0.5) is 0 Å². The van der Waals surface area contributed by atoms with Crippen LogP contribution in [0.2, 0.25) is 0 Å². The Hall–Kier alpha value is -2.18. The Labute approximate surface area is 136 Å². The second kappa shape index (κ2) is 8.45. The van der Waals surface area contributed by atoms with Crippen LogP contribution in [0.25, 0.3) is 0 Å². The molecular formula is C17H22N2O4. The van der Waals surface area contributed by atoms with Gasteiger partial charge >= 0.3 is 5.97 Å². The second-order valence-electron chi connectivity index (χ2n) is 5.21. The third kappa shape index (κ3) is 4.40. The predicted molar refractivity (Wildman–Crippen MR) is 85.4 cm³/mol. The monoisotopic (exact) mass is 318 g/mol. The molecule has 0 N–H and O–H groups in total. The van der Waals surface area contributed by atoms with Crippen LogP contribution in [-0.4, -0.2) is 49.1 Å². The molecule has 1 aromatic carbocycles. The van der Waals surface area contributed by atoms with Gasteiger partial charge in [-0.05, 0) is 12.5 Å². The van der Waals surface area contributed by atoms with Gasteiger partial charge in [0.2, 0.25) is 0 Å². The minimum atomic E-state index is -0.451. The molecule has 2 aromatic rings. The maximum absolute atomic E-state index is 12.4. The van der Waals surface area contributed by atoms with Crippen molar-refractivity contribution >= 4 is 5.97 Å². The first kappa shape index (κ1) is 17.2. The van der Waals surface area contributed by atoms with E-state index >= 15 is 0 Å². The fraction of sp³-hybridized carbons (Fsp3) is 0.412. The molecule has 124 valence electrons. The number of methoxy groups -OCH3 is 2. The van der Waals surface area contributed by atoms with E-state index in [1.807, 2.05) is 37.3 Å². The summed E-state index contributed by atoms with van der Waals surface area (Å²) in [5, 5.41) is 0. The van der Waals surface area contributed by atoms with E-state index in [0.29, 0.717) is 5.69 Å². The molecule has 0 spiro atoms. The van der Waals surface area contributed by atoms with Crippen molar-refractivity contribution in [3.63, 3.8) is 0 Å². The van der Waals surface area contributed by atoms with Gasteiger partial charge in [-0.1, -0.05) is 30.3 Å². The zero-order valence-electron chi connectivity index (χ0n) is 13.6. The molecule has 0 aliphatic rings. The van der Waals surface area contributed by atoms with Crippen molar-refractivity contribution in [3.05, 3.63) is 54.1 Å². The van der Waals surface area contributed by atoms with Crippen LogP contribution in [0.5, 0.6) is 0 Å². The minimum absolute atomic E-state index is 0.0236. The summed E-state index contributed by atoms with van der Waals surface area (Å²) in [4.78, 5) is 16.5. The van der Waals surface area contributed by atoms with Gasteiger partial charge in [0, 0.05) is 14.2 Å². The van der Waals surface area contributed by atoms with Gasteiger partial charge in [-0.2, -0.15) is 0 Å². The highest BCUT2D eigenvalue weighted by molar-refractivity contribution is 5.87. The zero-order valence-corrected chi connectivity index (χ0v) is 13.6. The molecule has 0 fully saturated rings. The SMILES string of the molecule is COCC(COC)OC(=O)c1cncn1[C@H](C)c1ccccc1. The van der Waals surface area contributed by atoms with Gasteiger partial charge in [0.25, 0.3) is 0 Å². The van der Waals surface area contributed by atoms with Crippen molar-refractivity contribution in [2.24, 2.45) is 0 Å². The van der Waals surface area contributed by atoms with Crippen LogP contribution >= 0.6 is 0 Å². The first-order valence-corrected chi connectivity index (χ1v) is 7.43. The molecule has 1 heterocycles. The Morgan fingerprint density at radius 3 is 2.43 bits per heavy atom. The Morgan fingerprint density at radius 1 is 1.17 bits per heavy atom. The van der Waals surface area contributed by atoms with E-state index in [-0.39, 0.29) is 19.3 Å². The average molecular weight is 318 g/mol. The maximum Gasteiger partial charge on any atom is 0.357 e. The average Bonchev–Trinajstić information content (AvgIpc) is 3.05. The lowest BCUT2D eigenvalue weighted by atomic mass is 10.1. The Morgan fingerprint density at radius 2 is 1.83 bits per heavy atom. The number of carbonyl (C=O) groups excluding carboxylic acids is 1. The van der Waals surface area contributed by atoms with Crippen LogP contribution in [0, 0.1) is 0 Å². The van der Waals surface area contributed by atoms with E-state index in [4.69, 9.17) is 14.2 Å². The molecule has 0 amide bonds. The van der Waals surface area contributed by atoms with Crippen molar-refractivity contribution in [1.29, 1.82) is 0 Å². The second-order valence-corrected chi connectivity index (χ2v) is 5.21. The third-order valence-electron chi connectivity index (χ3n) is 3.55. The molecule has 0 bridgehead atoms. The van der Waals surface area contributed by atoms with Gasteiger partial charge in [0.1, 0.15) is 11.8 Å². The lowest BCUT2D eigenvalue weighted by Gasteiger charge is -2.19. The minimum Gasteiger partial charge on any atom is -0.453 e. The van der Waals surface area contributed by atoms with Gasteiger partial charge in [-0.15, -0.1) is 0 Å². The molecule has 1 aromatic heterocycles. The van der Waals surface area contributed by atoms with Gasteiger partial charge in [-0.3, -0.25) is 0 Å². The van der Waals surface area contributed by atoms with Crippen LogP contribution in [-0.2, 0) is 14.2 Å². The normalized spacial score (nSPS) is 12.3. The largest absolute Gasteiger partial charge is 0.453 e. The molecule has 0 saturated heterocycles. The molecule has 0 unspecified atom stereocenters. The molecule has 0 saturated carbocycles. The standard InChI is InChI=1S/C17H22N2O4/c1-13(14-7-5-4-6-8-14)19-12-18-9-16(19)17(20)23-15(10-21-2)11-22-3/h4-9,12-13,15H,10-11H2,1-3H3/t13-/m1/s1. The maximum atomic E-state index is 12.4. The van der Waals surface area contributed by atoms with Crippen molar-refractivity contribution in [2.45, 2.75) is 19.1 Å². The third-order valence-corrected chi connectivity index (χ3v) is 3.55. The quantitative estimate of drug-likeness (QED) is 0.699. The van der Waals surface area contributed by atoms with Crippen molar-refractivity contribution in [2.75, 3.05) is 27.4 Å². The first-order valence-electron chi connectivity index (χ1n) is 7.43. The summed E-state index contributed by atoms with van der Waals surface area (Å²) in [5.41, 5.74) is 1.49. The van der Waals surface area contributed by atoms with Gasteiger partial charge in [-0.25, -0.2) is 9.78 Å². The summed E-state index contributed by atoms with van der Waals surface area (Å²) in [6.07, 6.45) is 2.70. The Bertz CT molecular complexity index is 606. The summed E-state index contributed by atoms with van der Waals surface area (Å²) in [6.45, 7) is 2.57. The van der Waals surface area contributed by atoms with Crippen LogP contribution < -0.4 is 0 Å². The van der Waals surface area contributed by atoms with E-state index in [1.54, 1.807) is 25.1 Å². The smallest absolute Gasteiger partial charge is 0.357 e. The Kier molecular flexibility index (Phi) is 6.31. The van der Waals surface area contributed by atoms with Gasteiger partial charge in [0.05, 0.1) is 31.8 Å². The van der Waals surface area contributed by atoms with E-state index in [1.165, 1.54) is 6.20 Å². The predicted octanol–water partition coefficient (Wildman–Crippen LogP) is 2.31. The summed E-state index contributed by atoms with van der Waals surface area (Å²) in [6, 6.07) is 9.89. The van der Waals surface area contributed by atoms with E-state index in [2.05, 4.69) is 4.98 Å². The highest BCUT2D eigenvalue weighted by Gasteiger charge is 2.21. The highest BCUT2D eigenvalue weighted by Crippen LogP contribution is 2.20. The number of hydrogen-bond donors (Lipinski definition) is 0. The summed E-state index contributed by atoms with van der Waals surface area (Å²) in [5.74, 6) is -0.440. The van der Waals surface area contributed by atoms with Crippen molar-refractivity contribution in [3.8, 4) is 0 Å². The van der Waals surface area contributed by atoms with Crippen molar-refractivity contribution in [1.82, 2.24) is 9.55 Å². The molecule has 23 heavy (non-hydrogen) atoms. The topological polar surface area (TPSA) is 62.6 Å². The van der Waals surface area contributed by atoms with Crippen LogP contribution in [0.1, 0.15) is 29.0 Å². The lowest BCUT2D eigenvalue weighted by Crippen LogP contribution is -2.28. The van der Waals surface area contributed by atoms with Gasteiger partial charge in [0.15, 0.2) is 0 Å². The number of benzene rings is 1. The number of hydrogen-bond acceptors (Lipinski definition) is 5. The fourth-order valence-corrected chi connectivity index (χ4v) is 2.36. The summed E-state index contributed by atoms with van der Waals surface area (Å²) < 4.78 is 17.3. The van der Waals surface area contributed by atoms with E-state index < -0.39 is 12.1 Å². The van der Waals surface area contributed by atoms with Gasteiger partial charge < -0.3 is 18.8 Å². The van der Waals surface area contributed by atoms with Crippen molar-refractivity contribution < 1.29 is 19.0 Å². The number of nitrogens with zero attached hydrogens (tertiary/aromatic N) is 2. The molecule has 0 aliphatic carbocycles. The zero-order chi connectivity index (χ0) is 16.7. The molecular weight excluding hydrogens is 296 g/mol. The first-order chi connectivity index (χ1) is 11.2. The molecule has 0 aliphatic heterocycles. The van der Waals surface area contributed by atoms with E-state index in [9.17, 15) is 4.79 Å². The number of rotatable bonds is 8. The molecule has 6 heteroatoms. The molecule has 6 nitrogen and oxygen atoms in total. The van der Waals surface area contributed by atoms with E-state index in [0.717, 1.165) is 5.56 Å². The highest BCUT2D eigenvalue weighted by atomic mass is 16.6. The number of aromatic nitrogens is 2. The number of esters is 1. The molecule has 0 radical (unpaired) electrons. The van der Waals surface area contributed by atoms with Crippen LogP contribution in [0.15, 0.2) is 42.9 Å². The lowest BCUT2D eigenvalue weighted by molar-refractivity contribution is -0.0231. The summed E-state index contributed by atoms with van der Waals surface area (Å²) in [7, 11) is 3.11. The van der Waals surface area contributed by atoms with Crippen LogP contribution in [0.3, 0.4) is 0 Å². The number of carbonyl (C=O) groups is 1. The summed E-state index contributed by atoms with van der Waals surface area (Å²) >= 11 is 0. The number of ether oxygens (including phenoxy) is 3. The fourth-order valence-electron chi connectivity index (χ4n) is 2.36. The molecule has 1 atom stereocenters.